The SMILES string of the molecule is Cc1c(C(=O)OC(C)C)sc2ncnc(N3CCN(CCO)CC3)c12. The third-order valence-corrected chi connectivity index (χ3v) is 5.50. The van der Waals surface area contributed by atoms with Crippen LogP contribution in [0.1, 0.15) is 29.1 Å². The van der Waals surface area contributed by atoms with E-state index in [2.05, 4.69) is 19.8 Å². The smallest absolute Gasteiger partial charge is 0.348 e. The highest BCUT2D eigenvalue weighted by Crippen LogP contribution is 2.35. The van der Waals surface area contributed by atoms with Gasteiger partial charge < -0.3 is 14.7 Å². The van der Waals surface area contributed by atoms with Crippen molar-refractivity contribution >= 4 is 33.3 Å². The average molecular weight is 364 g/mol. The summed E-state index contributed by atoms with van der Waals surface area (Å²) < 4.78 is 5.35. The first kappa shape index (κ1) is 18.0. The summed E-state index contributed by atoms with van der Waals surface area (Å²) in [7, 11) is 0. The zero-order chi connectivity index (χ0) is 18.0. The Balaban J connectivity index is 1.90. The van der Waals surface area contributed by atoms with Crippen LogP contribution < -0.4 is 4.90 Å². The maximum absolute atomic E-state index is 12.3. The topological polar surface area (TPSA) is 78.8 Å². The molecule has 7 nitrogen and oxygen atoms in total. The van der Waals surface area contributed by atoms with Crippen LogP contribution in [0.3, 0.4) is 0 Å². The van der Waals surface area contributed by atoms with Gasteiger partial charge in [0.2, 0.25) is 0 Å². The zero-order valence-corrected chi connectivity index (χ0v) is 15.7. The Morgan fingerprint density at radius 3 is 2.68 bits per heavy atom. The Morgan fingerprint density at radius 2 is 2.04 bits per heavy atom. The second-order valence-electron chi connectivity index (χ2n) is 6.44. The molecule has 1 aliphatic heterocycles. The predicted octanol–water partition coefficient (Wildman–Crippen LogP) is 1.68. The number of aliphatic hydroxyl groups excluding tert-OH is 1. The highest BCUT2D eigenvalue weighted by atomic mass is 32.1. The van der Waals surface area contributed by atoms with Crippen LogP contribution in [0.15, 0.2) is 6.33 Å². The lowest BCUT2D eigenvalue weighted by Crippen LogP contribution is -2.47. The third kappa shape index (κ3) is 3.75. The van der Waals surface area contributed by atoms with Crippen molar-refractivity contribution < 1.29 is 14.6 Å². The van der Waals surface area contributed by atoms with E-state index in [4.69, 9.17) is 9.84 Å². The number of piperazine rings is 1. The molecule has 0 radical (unpaired) electrons. The molecule has 0 atom stereocenters. The number of ether oxygens (including phenoxy) is 1. The summed E-state index contributed by atoms with van der Waals surface area (Å²) in [6.07, 6.45) is 1.41. The number of β-amino-alcohol motifs (C(OH)–C–C–N with tert-alkyl or cyclic N) is 1. The first-order chi connectivity index (χ1) is 12.0. The molecule has 0 saturated carbocycles. The molecule has 0 amide bonds. The van der Waals surface area contributed by atoms with Gasteiger partial charge in [0.1, 0.15) is 21.9 Å². The molecule has 3 rings (SSSR count). The van der Waals surface area contributed by atoms with Crippen LogP contribution in [0.5, 0.6) is 0 Å². The van der Waals surface area contributed by atoms with Crippen molar-refractivity contribution in [1.82, 2.24) is 14.9 Å². The van der Waals surface area contributed by atoms with E-state index in [1.807, 2.05) is 20.8 Å². The first-order valence-corrected chi connectivity index (χ1v) is 9.36. The Kier molecular flexibility index (Phi) is 5.51. The fourth-order valence-corrected chi connectivity index (χ4v) is 4.11. The molecule has 0 unspecified atom stereocenters. The summed E-state index contributed by atoms with van der Waals surface area (Å²) in [5.74, 6) is 0.584. The maximum atomic E-state index is 12.3. The number of hydrogen-bond acceptors (Lipinski definition) is 8. The van der Waals surface area contributed by atoms with Crippen molar-refractivity contribution in [2.45, 2.75) is 26.9 Å². The van der Waals surface area contributed by atoms with E-state index in [1.54, 1.807) is 6.33 Å². The Hall–Kier alpha value is -1.77. The predicted molar refractivity (Wildman–Crippen MR) is 98.4 cm³/mol. The molecule has 0 spiro atoms. The van der Waals surface area contributed by atoms with Gasteiger partial charge in [-0.3, -0.25) is 4.90 Å². The molecule has 1 fully saturated rings. The van der Waals surface area contributed by atoms with Crippen LogP contribution >= 0.6 is 11.3 Å². The van der Waals surface area contributed by atoms with Crippen molar-refractivity contribution in [1.29, 1.82) is 0 Å². The van der Waals surface area contributed by atoms with Gasteiger partial charge in [-0.1, -0.05) is 0 Å². The summed E-state index contributed by atoms with van der Waals surface area (Å²) >= 11 is 1.37. The summed E-state index contributed by atoms with van der Waals surface area (Å²) in [4.78, 5) is 27.1. The molecule has 25 heavy (non-hydrogen) atoms. The molecule has 0 aromatic carbocycles. The lowest BCUT2D eigenvalue weighted by Gasteiger charge is -2.35. The van der Waals surface area contributed by atoms with E-state index >= 15 is 0 Å². The molecule has 8 heteroatoms. The molecule has 1 aliphatic rings. The largest absolute Gasteiger partial charge is 0.459 e. The van der Waals surface area contributed by atoms with Crippen LogP contribution in [0, 0.1) is 6.92 Å². The van der Waals surface area contributed by atoms with Gasteiger partial charge >= 0.3 is 5.97 Å². The summed E-state index contributed by atoms with van der Waals surface area (Å²) in [6, 6.07) is 0. The normalized spacial score (nSPS) is 16.0. The summed E-state index contributed by atoms with van der Waals surface area (Å²) in [5.41, 5.74) is 0.888. The lowest BCUT2D eigenvalue weighted by molar-refractivity contribution is 0.0383. The standard InChI is InChI=1S/C17H24N4O3S/c1-11(2)24-17(23)14-12(3)13-15(18-10-19-16(13)25-14)21-6-4-20(5-7-21)8-9-22/h10-11,22H,4-9H2,1-3H3. The minimum absolute atomic E-state index is 0.151. The maximum Gasteiger partial charge on any atom is 0.348 e. The number of thiophene rings is 1. The first-order valence-electron chi connectivity index (χ1n) is 8.54. The van der Waals surface area contributed by atoms with Crippen molar-refractivity contribution in [3.8, 4) is 0 Å². The summed E-state index contributed by atoms with van der Waals surface area (Å²) in [6.45, 7) is 9.97. The zero-order valence-electron chi connectivity index (χ0n) is 14.9. The van der Waals surface area contributed by atoms with Crippen LogP contribution in [-0.2, 0) is 4.74 Å². The molecule has 0 aliphatic carbocycles. The Bertz CT molecular complexity index is 754. The number of aryl methyl sites for hydroxylation is 1. The average Bonchev–Trinajstić information content (AvgIpc) is 2.93. The van der Waals surface area contributed by atoms with Crippen molar-refractivity contribution in [2.24, 2.45) is 0 Å². The second-order valence-corrected chi connectivity index (χ2v) is 7.44. The number of rotatable bonds is 5. The molecule has 1 N–H and O–H groups in total. The van der Waals surface area contributed by atoms with E-state index in [0.29, 0.717) is 11.4 Å². The second kappa shape index (κ2) is 7.63. The minimum atomic E-state index is -0.297. The number of anilines is 1. The number of fused-ring (bicyclic) bond motifs is 1. The highest BCUT2D eigenvalue weighted by Gasteiger charge is 2.25. The third-order valence-electron chi connectivity index (χ3n) is 4.32. The summed E-state index contributed by atoms with van der Waals surface area (Å²) in [5, 5.41) is 10.0. The van der Waals surface area contributed by atoms with Gasteiger partial charge in [-0.25, -0.2) is 14.8 Å². The van der Waals surface area contributed by atoms with Crippen LogP contribution in [-0.4, -0.2) is 71.4 Å². The molecule has 136 valence electrons. The van der Waals surface area contributed by atoms with Gasteiger partial charge in [-0.15, -0.1) is 11.3 Å². The fraction of sp³-hybridized carbons (Fsp3) is 0.588. The van der Waals surface area contributed by atoms with Crippen molar-refractivity contribution in [3.05, 3.63) is 16.8 Å². The van der Waals surface area contributed by atoms with E-state index in [1.165, 1.54) is 11.3 Å². The van der Waals surface area contributed by atoms with Crippen LogP contribution in [0.2, 0.25) is 0 Å². The van der Waals surface area contributed by atoms with Crippen LogP contribution in [0.4, 0.5) is 5.82 Å². The van der Waals surface area contributed by atoms with E-state index in [0.717, 1.165) is 47.8 Å². The highest BCUT2D eigenvalue weighted by molar-refractivity contribution is 7.20. The number of hydrogen-bond donors (Lipinski definition) is 1. The number of esters is 1. The Morgan fingerprint density at radius 1 is 1.32 bits per heavy atom. The molecule has 2 aromatic rings. The van der Waals surface area contributed by atoms with Gasteiger partial charge in [0.15, 0.2) is 0 Å². The number of carbonyl (C=O) groups is 1. The van der Waals surface area contributed by atoms with Crippen LogP contribution in [0.25, 0.3) is 10.2 Å². The molecule has 2 aromatic heterocycles. The lowest BCUT2D eigenvalue weighted by atomic mass is 10.2. The van der Waals surface area contributed by atoms with Gasteiger partial charge in [-0.05, 0) is 26.3 Å². The van der Waals surface area contributed by atoms with Gasteiger partial charge in [-0.2, -0.15) is 0 Å². The number of carbonyl (C=O) groups excluding carboxylic acids is 1. The number of aromatic nitrogens is 2. The van der Waals surface area contributed by atoms with E-state index in [-0.39, 0.29) is 18.7 Å². The minimum Gasteiger partial charge on any atom is -0.459 e. The van der Waals surface area contributed by atoms with Gasteiger partial charge in [0.05, 0.1) is 18.1 Å². The quantitative estimate of drug-likeness (QED) is 0.809. The molecule has 3 heterocycles. The molecular weight excluding hydrogens is 340 g/mol. The molecule has 1 saturated heterocycles. The van der Waals surface area contributed by atoms with Gasteiger partial charge in [0.25, 0.3) is 0 Å². The van der Waals surface area contributed by atoms with Gasteiger partial charge in [0, 0.05) is 32.7 Å². The molecule has 0 bridgehead atoms. The number of aliphatic hydroxyl groups is 1. The van der Waals surface area contributed by atoms with Crippen molar-refractivity contribution in [2.75, 3.05) is 44.2 Å². The number of nitrogens with zero attached hydrogens (tertiary/aromatic N) is 4. The fourth-order valence-electron chi connectivity index (χ4n) is 3.08. The Labute approximate surface area is 151 Å². The molecular formula is C17H24N4O3S. The van der Waals surface area contributed by atoms with E-state index in [9.17, 15) is 4.79 Å². The van der Waals surface area contributed by atoms with Crippen molar-refractivity contribution in [3.63, 3.8) is 0 Å². The monoisotopic (exact) mass is 364 g/mol. The van der Waals surface area contributed by atoms with E-state index < -0.39 is 0 Å².